The number of carbonyl (C=O) groups excluding carboxylic acids is 1. The number of hydrogen-bond acceptors (Lipinski definition) is 4. The molecule has 0 bridgehead atoms. The minimum Gasteiger partial charge on any atom is -0.372 e. The molecule has 0 radical (unpaired) electrons. The number of piperidine rings is 1. The van der Waals surface area contributed by atoms with Crippen molar-refractivity contribution in [1.82, 2.24) is 10.6 Å². The highest BCUT2D eigenvalue weighted by Gasteiger charge is 2.41. The second-order valence-corrected chi connectivity index (χ2v) is 6.67. The predicted molar refractivity (Wildman–Crippen MR) is 77.7 cm³/mol. The third-order valence-corrected chi connectivity index (χ3v) is 4.50. The number of hydrogen-bond donors (Lipinski definition) is 2. The standard InChI is InChI=1S/C15H28N2O3/c1-4-14(2,3)17-13(18)11-19-12-9-15(20-10-12)5-7-16-8-6-15/h12,16H,4-11H2,1-3H3,(H,17,18). The maximum atomic E-state index is 11.9. The molecule has 0 aromatic carbocycles. The van der Waals surface area contributed by atoms with Gasteiger partial charge in [0.1, 0.15) is 6.61 Å². The van der Waals surface area contributed by atoms with Gasteiger partial charge in [0.25, 0.3) is 0 Å². The van der Waals surface area contributed by atoms with Crippen LogP contribution in [-0.2, 0) is 14.3 Å². The summed E-state index contributed by atoms with van der Waals surface area (Å²) in [5.74, 6) is -0.0388. The molecule has 2 aliphatic heterocycles. The SMILES string of the molecule is CCC(C)(C)NC(=O)COC1COC2(CCNCC2)C1. The number of ether oxygens (including phenoxy) is 2. The lowest BCUT2D eigenvalue weighted by molar-refractivity contribution is -0.129. The maximum Gasteiger partial charge on any atom is 0.246 e. The summed E-state index contributed by atoms with van der Waals surface area (Å²) >= 11 is 0. The van der Waals surface area contributed by atoms with Crippen LogP contribution in [0.2, 0.25) is 0 Å². The Balaban J connectivity index is 1.71. The molecule has 2 heterocycles. The van der Waals surface area contributed by atoms with E-state index >= 15 is 0 Å². The second kappa shape index (κ2) is 6.41. The van der Waals surface area contributed by atoms with E-state index in [1.54, 1.807) is 0 Å². The molecule has 2 saturated heterocycles. The molecular weight excluding hydrogens is 256 g/mol. The van der Waals surface area contributed by atoms with Gasteiger partial charge in [-0.05, 0) is 46.2 Å². The summed E-state index contributed by atoms with van der Waals surface area (Å²) in [5, 5.41) is 6.33. The maximum absolute atomic E-state index is 11.9. The molecule has 5 heteroatoms. The van der Waals surface area contributed by atoms with Gasteiger partial charge in [-0.1, -0.05) is 6.92 Å². The molecule has 2 rings (SSSR count). The molecule has 0 saturated carbocycles. The van der Waals surface area contributed by atoms with Gasteiger partial charge >= 0.3 is 0 Å². The lowest BCUT2D eigenvalue weighted by Gasteiger charge is -2.32. The van der Waals surface area contributed by atoms with E-state index in [4.69, 9.17) is 9.47 Å². The Labute approximate surface area is 121 Å². The normalized spacial score (nSPS) is 25.9. The topological polar surface area (TPSA) is 59.6 Å². The average molecular weight is 284 g/mol. The zero-order valence-corrected chi connectivity index (χ0v) is 13.0. The summed E-state index contributed by atoms with van der Waals surface area (Å²) in [6, 6.07) is 0. The predicted octanol–water partition coefficient (Wildman–Crippen LogP) is 1.22. The van der Waals surface area contributed by atoms with Crippen molar-refractivity contribution in [2.45, 2.75) is 63.7 Å². The molecule has 5 nitrogen and oxygen atoms in total. The lowest BCUT2D eigenvalue weighted by Crippen LogP contribution is -2.45. The van der Waals surface area contributed by atoms with Crippen LogP contribution in [-0.4, -0.2) is 49.5 Å². The van der Waals surface area contributed by atoms with Crippen LogP contribution >= 0.6 is 0 Å². The average Bonchev–Trinajstić information content (AvgIpc) is 2.80. The van der Waals surface area contributed by atoms with Crippen molar-refractivity contribution in [2.75, 3.05) is 26.3 Å². The first-order chi connectivity index (χ1) is 9.45. The minimum atomic E-state index is -0.164. The third-order valence-electron chi connectivity index (χ3n) is 4.50. The second-order valence-electron chi connectivity index (χ2n) is 6.67. The van der Waals surface area contributed by atoms with E-state index in [0.29, 0.717) is 6.61 Å². The van der Waals surface area contributed by atoms with E-state index in [1.807, 2.05) is 13.8 Å². The van der Waals surface area contributed by atoms with Crippen LogP contribution in [0.25, 0.3) is 0 Å². The van der Waals surface area contributed by atoms with Crippen LogP contribution in [0, 0.1) is 0 Å². The molecular formula is C15H28N2O3. The molecule has 1 unspecified atom stereocenters. The minimum absolute atomic E-state index is 0.00488. The first-order valence-corrected chi connectivity index (χ1v) is 7.72. The fourth-order valence-corrected chi connectivity index (χ4v) is 2.84. The van der Waals surface area contributed by atoms with Gasteiger partial charge in [-0.25, -0.2) is 0 Å². The fraction of sp³-hybridized carbons (Fsp3) is 0.933. The number of carbonyl (C=O) groups is 1. The molecule has 1 amide bonds. The highest BCUT2D eigenvalue weighted by Crippen LogP contribution is 2.35. The van der Waals surface area contributed by atoms with Crippen molar-refractivity contribution >= 4 is 5.91 Å². The van der Waals surface area contributed by atoms with Crippen LogP contribution in [0.3, 0.4) is 0 Å². The zero-order valence-electron chi connectivity index (χ0n) is 13.0. The van der Waals surface area contributed by atoms with Gasteiger partial charge in [-0.3, -0.25) is 4.79 Å². The van der Waals surface area contributed by atoms with Crippen molar-refractivity contribution in [3.63, 3.8) is 0 Å². The molecule has 0 aromatic heterocycles. The van der Waals surface area contributed by atoms with Gasteiger partial charge in [0.2, 0.25) is 5.91 Å². The van der Waals surface area contributed by atoms with Crippen LogP contribution in [0.1, 0.15) is 46.5 Å². The molecule has 0 aromatic rings. The van der Waals surface area contributed by atoms with Gasteiger partial charge < -0.3 is 20.1 Å². The van der Waals surface area contributed by atoms with E-state index in [9.17, 15) is 4.79 Å². The van der Waals surface area contributed by atoms with Crippen LogP contribution in [0.15, 0.2) is 0 Å². The molecule has 20 heavy (non-hydrogen) atoms. The summed E-state index contributed by atoms with van der Waals surface area (Å²) in [5.41, 5.74) is -0.169. The Bertz CT molecular complexity index is 338. The van der Waals surface area contributed by atoms with Crippen molar-refractivity contribution in [3.05, 3.63) is 0 Å². The van der Waals surface area contributed by atoms with Crippen molar-refractivity contribution in [3.8, 4) is 0 Å². The molecule has 2 aliphatic rings. The monoisotopic (exact) mass is 284 g/mol. The largest absolute Gasteiger partial charge is 0.372 e. The van der Waals surface area contributed by atoms with E-state index in [0.717, 1.165) is 38.8 Å². The summed E-state index contributed by atoms with van der Waals surface area (Å²) in [7, 11) is 0. The molecule has 1 spiro atoms. The summed E-state index contributed by atoms with van der Waals surface area (Å²) in [6.45, 7) is 8.88. The lowest BCUT2D eigenvalue weighted by atomic mass is 9.89. The Morgan fingerprint density at radius 1 is 1.45 bits per heavy atom. The van der Waals surface area contributed by atoms with Gasteiger partial charge in [-0.15, -0.1) is 0 Å². The highest BCUT2D eigenvalue weighted by molar-refractivity contribution is 5.77. The van der Waals surface area contributed by atoms with Crippen molar-refractivity contribution < 1.29 is 14.3 Å². The van der Waals surface area contributed by atoms with Crippen molar-refractivity contribution in [1.29, 1.82) is 0 Å². The Kier molecular flexibility index (Phi) is 5.04. The van der Waals surface area contributed by atoms with Gasteiger partial charge in [0.05, 0.1) is 18.3 Å². The number of nitrogens with one attached hydrogen (secondary N) is 2. The van der Waals surface area contributed by atoms with E-state index < -0.39 is 0 Å². The van der Waals surface area contributed by atoms with Gasteiger partial charge in [0.15, 0.2) is 0 Å². The van der Waals surface area contributed by atoms with Crippen LogP contribution in [0.5, 0.6) is 0 Å². The van der Waals surface area contributed by atoms with Gasteiger partial charge in [0, 0.05) is 12.0 Å². The third kappa shape index (κ3) is 4.17. The molecule has 116 valence electrons. The Morgan fingerprint density at radius 3 is 2.80 bits per heavy atom. The fourth-order valence-electron chi connectivity index (χ4n) is 2.84. The smallest absolute Gasteiger partial charge is 0.246 e. The molecule has 0 aliphatic carbocycles. The zero-order chi connectivity index (χ0) is 14.6. The molecule has 2 fully saturated rings. The molecule has 2 N–H and O–H groups in total. The first-order valence-electron chi connectivity index (χ1n) is 7.72. The van der Waals surface area contributed by atoms with E-state index in [-0.39, 0.29) is 29.8 Å². The molecule has 1 atom stereocenters. The Morgan fingerprint density at radius 2 is 2.15 bits per heavy atom. The van der Waals surface area contributed by atoms with E-state index in [1.165, 1.54) is 0 Å². The van der Waals surface area contributed by atoms with Crippen LogP contribution < -0.4 is 10.6 Å². The highest BCUT2D eigenvalue weighted by atomic mass is 16.6. The van der Waals surface area contributed by atoms with Gasteiger partial charge in [-0.2, -0.15) is 0 Å². The first kappa shape index (κ1) is 15.7. The summed E-state index contributed by atoms with van der Waals surface area (Å²) < 4.78 is 11.7. The van der Waals surface area contributed by atoms with E-state index in [2.05, 4.69) is 17.6 Å². The quantitative estimate of drug-likeness (QED) is 0.797. The number of amides is 1. The van der Waals surface area contributed by atoms with Crippen LogP contribution in [0.4, 0.5) is 0 Å². The summed E-state index contributed by atoms with van der Waals surface area (Å²) in [4.78, 5) is 11.9. The summed E-state index contributed by atoms with van der Waals surface area (Å²) in [6.07, 6.45) is 3.97. The number of rotatable bonds is 5. The van der Waals surface area contributed by atoms with Crippen molar-refractivity contribution in [2.24, 2.45) is 0 Å². The Hall–Kier alpha value is -0.650.